The highest BCUT2D eigenvalue weighted by molar-refractivity contribution is 5.96. The second-order valence-electron chi connectivity index (χ2n) is 7.29. The predicted octanol–water partition coefficient (Wildman–Crippen LogP) is 2.83. The Balaban J connectivity index is 1.72. The average molecular weight is 325 g/mol. The molecule has 24 heavy (non-hydrogen) atoms. The van der Waals surface area contributed by atoms with Crippen LogP contribution in [0.15, 0.2) is 18.2 Å². The SMILES string of the molecule is Cc1ccc(C(=O)N2CCC2)cc1-c1nc(C2(C)COC2)[nH]c1C. The number of likely N-dealkylation sites (tertiary alicyclic amines) is 1. The molecule has 0 atom stereocenters. The Kier molecular flexibility index (Phi) is 3.49. The molecule has 0 radical (unpaired) electrons. The smallest absolute Gasteiger partial charge is 0.253 e. The first kappa shape index (κ1) is 15.4. The lowest BCUT2D eigenvalue weighted by Gasteiger charge is -2.36. The molecule has 1 N–H and O–H groups in total. The molecule has 4 rings (SSSR count). The van der Waals surface area contributed by atoms with Gasteiger partial charge in [0.15, 0.2) is 0 Å². The van der Waals surface area contributed by atoms with Gasteiger partial charge in [-0.15, -0.1) is 0 Å². The first-order valence-electron chi connectivity index (χ1n) is 8.53. The number of amides is 1. The molecular weight excluding hydrogens is 302 g/mol. The molecule has 2 aliphatic rings. The fourth-order valence-electron chi connectivity index (χ4n) is 3.27. The summed E-state index contributed by atoms with van der Waals surface area (Å²) in [5.74, 6) is 1.09. The van der Waals surface area contributed by atoms with Crippen molar-refractivity contribution in [1.82, 2.24) is 14.9 Å². The van der Waals surface area contributed by atoms with Gasteiger partial charge in [-0.3, -0.25) is 4.79 Å². The summed E-state index contributed by atoms with van der Waals surface area (Å²) in [6.45, 7) is 9.40. The van der Waals surface area contributed by atoms with Crippen molar-refractivity contribution >= 4 is 5.91 Å². The molecular formula is C19H23N3O2. The number of benzene rings is 1. The van der Waals surface area contributed by atoms with Crippen LogP contribution in [0.5, 0.6) is 0 Å². The summed E-state index contributed by atoms with van der Waals surface area (Å²) in [7, 11) is 0. The van der Waals surface area contributed by atoms with Crippen LogP contribution in [0.1, 0.15) is 40.8 Å². The average Bonchev–Trinajstić information content (AvgIpc) is 2.85. The second-order valence-corrected chi connectivity index (χ2v) is 7.29. The number of aromatic amines is 1. The van der Waals surface area contributed by atoms with Gasteiger partial charge in [-0.1, -0.05) is 6.07 Å². The molecule has 2 aliphatic heterocycles. The summed E-state index contributed by atoms with van der Waals surface area (Å²) in [6, 6.07) is 5.93. The molecule has 0 spiro atoms. The van der Waals surface area contributed by atoms with Crippen molar-refractivity contribution in [2.75, 3.05) is 26.3 Å². The summed E-state index contributed by atoms with van der Waals surface area (Å²) < 4.78 is 5.36. The molecule has 2 saturated heterocycles. The van der Waals surface area contributed by atoms with Gasteiger partial charge in [-0.2, -0.15) is 0 Å². The number of nitrogens with one attached hydrogen (secondary N) is 1. The van der Waals surface area contributed by atoms with E-state index in [1.54, 1.807) is 0 Å². The van der Waals surface area contributed by atoms with Crippen molar-refractivity contribution in [3.05, 3.63) is 40.8 Å². The van der Waals surface area contributed by atoms with Gasteiger partial charge in [-0.25, -0.2) is 4.98 Å². The standard InChI is InChI=1S/C19H23N3O2/c1-12-5-6-14(17(23)22-7-4-8-22)9-15(12)16-13(2)20-18(21-16)19(3)10-24-11-19/h5-6,9H,4,7-8,10-11H2,1-3H3,(H,20,21). The molecule has 0 saturated carbocycles. The van der Waals surface area contributed by atoms with Crippen molar-refractivity contribution in [2.24, 2.45) is 0 Å². The van der Waals surface area contributed by atoms with Crippen molar-refractivity contribution in [1.29, 1.82) is 0 Å². The highest BCUT2D eigenvalue weighted by Crippen LogP contribution is 2.34. The number of carbonyl (C=O) groups is 1. The molecule has 5 heteroatoms. The van der Waals surface area contributed by atoms with Gasteiger partial charge >= 0.3 is 0 Å². The lowest BCUT2D eigenvalue weighted by atomic mass is 9.88. The Morgan fingerprint density at radius 3 is 2.62 bits per heavy atom. The Labute approximate surface area is 142 Å². The number of rotatable bonds is 3. The molecule has 5 nitrogen and oxygen atoms in total. The van der Waals surface area contributed by atoms with Gasteiger partial charge < -0.3 is 14.6 Å². The fourth-order valence-corrected chi connectivity index (χ4v) is 3.27. The number of nitrogens with zero attached hydrogens (tertiary/aromatic N) is 2. The van der Waals surface area contributed by atoms with Crippen LogP contribution in [0.25, 0.3) is 11.3 Å². The number of carbonyl (C=O) groups excluding carboxylic acids is 1. The third-order valence-electron chi connectivity index (χ3n) is 5.18. The maximum Gasteiger partial charge on any atom is 0.253 e. The van der Waals surface area contributed by atoms with Gasteiger partial charge in [0.25, 0.3) is 5.91 Å². The monoisotopic (exact) mass is 325 g/mol. The van der Waals surface area contributed by atoms with E-state index in [9.17, 15) is 4.79 Å². The molecule has 2 fully saturated rings. The molecule has 0 unspecified atom stereocenters. The van der Waals surface area contributed by atoms with Crippen LogP contribution in [0, 0.1) is 13.8 Å². The van der Waals surface area contributed by atoms with E-state index < -0.39 is 0 Å². The van der Waals surface area contributed by atoms with Gasteiger partial charge in [-0.05, 0) is 44.9 Å². The first-order chi connectivity index (χ1) is 11.5. The third kappa shape index (κ3) is 2.35. The van der Waals surface area contributed by atoms with Gasteiger partial charge in [0.2, 0.25) is 0 Å². The normalized spacial score (nSPS) is 18.9. The molecule has 1 aromatic heterocycles. The van der Waals surface area contributed by atoms with Crippen molar-refractivity contribution in [3.63, 3.8) is 0 Å². The van der Waals surface area contributed by atoms with E-state index in [0.717, 1.165) is 53.4 Å². The fraction of sp³-hybridized carbons (Fsp3) is 0.474. The van der Waals surface area contributed by atoms with Crippen LogP contribution in [0.3, 0.4) is 0 Å². The minimum Gasteiger partial charge on any atom is -0.379 e. The lowest BCUT2D eigenvalue weighted by Crippen LogP contribution is -2.44. The van der Waals surface area contributed by atoms with E-state index in [4.69, 9.17) is 9.72 Å². The lowest BCUT2D eigenvalue weighted by molar-refractivity contribution is -0.0539. The predicted molar refractivity (Wildman–Crippen MR) is 92.2 cm³/mol. The molecule has 2 aromatic rings. The van der Waals surface area contributed by atoms with Crippen LogP contribution in [-0.2, 0) is 10.2 Å². The summed E-state index contributed by atoms with van der Waals surface area (Å²) in [4.78, 5) is 22.7. The van der Waals surface area contributed by atoms with Gasteiger partial charge in [0.05, 0.1) is 24.3 Å². The third-order valence-corrected chi connectivity index (χ3v) is 5.18. The van der Waals surface area contributed by atoms with Gasteiger partial charge in [0.1, 0.15) is 5.82 Å². The zero-order chi connectivity index (χ0) is 16.9. The topological polar surface area (TPSA) is 58.2 Å². The van der Waals surface area contributed by atoms with Crippen LogP contribution in [-0.4, -0.2) is 47.1 Å². The van der Waals surface area contributed by atoms with E-state index in [1.165, 1.54) is 0 Å². The van der Waals surface area contributed by atoms with Crippen molar-refractivity contribution in [3.8, 4) is 11.3 Å². The van der Waals surface area contributed by atoms with Crippen LogP contribution >= 0.6 is 0 Å². The number of hydrogen-bond donors (Lipinski definition) is 1. The number of H-pyrrole nitrogens is 1. The van der Waals surface area contributed by atoms with E-state index >= 15 is 0 Å². The van der Waals surface area contributed by atoms with Crippen LogP contribution in [0.4, 0.5) is 0 Å². The maximum absolute atomic E-state index is 12.5. The second kappa shape index (κ2) is 5.45. The minimum absolute atomic E-state index is 0.0258. The number of aryl methyl sites for hydroxylation is 2. The molecule has 1 amide bonds. The zero-order valence-electron chi connectivity index (χ0n) is 14.5. The molecule has 0 aliphatic carbocycles. The van der Waals surface area contributed by atoms with E-state index in [-0.39, 0.29) is 11.3 Å². The summed E-state index contributed by atoms with van der Waals surface area (Å²) in [5.41, 5.74) is 4.86. The summed E-state index contributed by atoms with van der Waals surface area (Å²) >= 11 is 0. The highest BCUT2D eigenvalue weighted by atomic mass is 16.5. The molecule has 3 heterocycles. The van der Waals surface area contributed by atoms with E-state index in [1.807, 2.05) is 30.0 Å². The molecule has 126 valence electrons. The Morgan fingerprint density at radius 2 is 2.04 bits per heavy atom. The Bertz CT molecular complexity index is 801. The van der Waals surface area contributed by atoms with E-state index in [2.05, 4.69) is 18.8 Å². The van der Waals surface area contributed by atoms with Crippen molar-refractivity contribution < 1.29 is 9.53 Å². The molecule has 0 bridgehead atoms. The summed E-state index contributed by atoms with van der Waals surface area (Å²) in [5, 5.41) is 0. The highest BCUT2D eigenvalue weighted by Gasteiger charge is 2.38. The Morgan fingerprint density at radius 1 is 1.29 bits per heavy atom. The van der Waals surface area contributed by atoms with Crippen molar-refractivity contribution in [2.45, 2.75) is 32.6 Å². The Hall–Kier alpha value is -2.14. The largest absolute Gasteiger partial charge is 0.379 e. The quantitative estimate of drug-likeness (QED) is 0.944. The number of aromatic nitrogens is 2. The number of ether oxygens (including phenoxy) is 1. The first-order valence-corrected chi connectivity index (χ1v) is 8.53. The van der Waals surface area contributed by atoms with Crippen LogP contribution < -0.4 is 0 Å². The number of hydrogen-bond acceptors (Lipinski definition) is 3. The van der Waals surface area contributed by atoms with E-state index in [0.29, 0.717) is 13.2 Å². The number of imidazole rings is 1. The van der Waals surface area contributed by atoms with Crippen LogP contribution in [0.2, 0.25) is 0 Å². The van der Waals surface area contributed by atoms with Gasteiger partial charge in [0, 0.05) is 29.9 Å². The minimum atomic E-state index is -0.0258. The maximum atomic E-state index is 12.5. The molecule has 1 aromatic carbocycles. The zero-order valence-corrected chi connectivity index (χ0v) is 14.5. The summed E-state index contributed by atoms with van der Waals surface area (Å²) in [6.07, 6.45) is 1.10.